The molecular formula is C13H27N3O. The standard InChI is InChI=1S/C13H27N3O/c1-13(2,11-14)6-3-4-8-16-9-5-7-15-12(17)10-16/h3-11,14H2,1-2H3,(H,15,17). The highest BCUT2D eigenvalue weighted by Crippen LogP contribution is 2.21. The predicted molar refractivity (Wildman–Crippen MR) is 70.8 cm³/mol. The van der Waals surface area contributed by atoms with Crippen LogP contribution in [0.3, 0.4) is 0 Å². The van der Waals surface area contributed by atoms with Gasteiger partial charge in [-0.3, -0.25) is 9.69 Å². The third-order valence-electron chi connectivity index (χ3n) is 3.47. The summed E-state index contributed by atoms with van der Waals surface area (Å²) in [6.07, 6.45) is 4.60. The summed E-state index contributed by atoms with van der Waals surface area (Å²) in [6, 6.07) is 0. The maximum atomic E-state index is 11.4. The Hall–Kier alpha value is -0.610. The van der Waals surface area contributed by atoms with Gasteiger partial charge in [0.25, 0.3) is 0 Å². The van der Waals surface area contributed by atoms with Gasteiger partial charge in [-0.2, -0.15) is 0 Å². The normalized spacial score (nSPS) is 18.9. The number of hydrogen-bond acceptors (Lipinski definition) is 3. The van der Waals surface area contributed by atoms with Crippen molar-refractivity contribution in [1.82, 2.24) is 10.2 Å². The zero-order valence-electron chi connectivity index (χ0n) is 11.3. The summed E-state index contributed by atoms with van der Waals surface area (Å²) in [5.41, 5.74) is 5.97. The van der Waals surface area contributed by atoms with Crippen molar-refractivity contribution in [1.29, 1.82) is 0 Å². The molecule has 3 N–H and O–H groups in total. The van der Waals surface area contributed by atoms with Crippen molar-refractivity contribution in [2.75, 3.05) is 32.7 Å². The maximum Gasteiger partial charge on any atom is 0.234 e. The van der Waals surface area contributed by atoms with Crippen molar-refractivity contribution in [3.05, 3.63) is 0 Å². The van der Waals surface area contributed by atoms with Crippen LogP contribution in [-0.2, 0) is 4.79 Å². The minimum Gasteiger partial charge on any atom is -0.355 e. The number of nitrogens with one attached hydrogen (secondary N) is 1. The summed E-state index contributed by atoms with van der Waals surface area (Å²) in [5, 5.41) is 2.90. The highest BCUT2D eigenvalue weighted by molar-refractivity contribution is 5.78. The molecule has 17 heavy (non-hydrogen) atoms. The zero-order valence-corrected chi connectivity index (χ0v) is 11.3. The van der Waals surface area contributed by atoms with E-state index in [1.54, 1.807) is 0 Å². The number of carbonyl (C=O) groups excluding carboxylic acids is 1. The molecule has 0 aromatic heterocycles. The largest absolute Gasteiger partial charge is 0.355 e. The number of nitrogens with two attached hydrogens (primary N) is 1. The van der Waals surface area contributed by atoms with Crippen molar-refractivity contribution in [3.8, 4) is 0 Å². The van der Waals surface area contributed by atoms with Crippen LogP contribution in [-0.4, -0.2) is 43.5 Å². The van der Waals surface area contributed by atoms with Crippen molar-refractivity contribution >= 4 is 5.91 Å². The number of nitrogens with zero attached hydrogens (tertiary/aromatic N) is 1. The number of rotatable bonds is 6. The molecule has 1 saturated heterocycles. The Labute approximate surface area is 105 Å². The lowest BCUT2D eigenvalue weighted by Crippen LogP contribution is -2.33. The Balaban J connectivity index is 2.15. The first-order chi connectivity index (χ1) is 8.03. The first-order valence-electron chi connectivity index (χ1n) is 6.73. The fourth-order valence-corrected chi connectivity index (χ4v) is 2.10. The van der Waals surface area contributed by atoms with E-state index in [1.807, 2.05) is 0 Å². The van der Waals surface area contributed by atoms with Gasteiger partial charge in [-0.15, -0.1) is 0 Å². The molecule has 0 atom stereocenters. The average Bonchev–Trinajstić information content (AvgIpc) is 2.49. The fraction of sp³-hybridized carbons (Fsp3) is 0.923. The third-order valence-corrected chi connectivity index (χ3v) is 3.47. The minimum atomic E-state index is 0.171. The molecule has 0 aromatic carbocycles. The molecule has 0 bridgehead atoms. The summed E-state index contributed by atoms with van der Waals surface area (Å²) in [4.78, 5) is 13.6. The molecule has 4 nitrogen and oxygen atoms in total. The molecule has 0 unspecified atom stereocenters. The number of amides is 1. The first-order valence-corrected chi connectivity index (χ1v) is 6.73. The van der Waals surface area contributed by atoms with Crippen LogP contribution in [0.4, 0.5) is 0 Å². The van der Waals surface area contributed by atoms with Gasteiger partial charge in [-0.25, -0.2) is 0 Å². The minimum absolute atomic E-state index is 0.171. The molecule has 1 aliphatic heterocycles. The van der Waals surface area contributed by atoms with Crippen LogP contribution in [0, 0.1) is 5.41 Å². The summed E-state index contributed by atoms with van der Waals surface area (Å²) in [7, 11) is 0. The topological polar surface area (TPSA) is 58.4 Å². The molecule has 1 heterocycles. The van der Waals surface area contributed by atoms with Gasteiger partial charge in [0.2, 0.25) is 5.91 Å². The number of carbonyl (C=O) groups is 1. The second-order valence-electron chi connectivity index (χ2n) is 5.81. The van der Waals surface area contributed by atoms with Crippen molar-refractivity contribution in [2.45, 2.75) is 39.5 Å². The summed E-state index contributed by atoms with van der Waals surface area (Å²) in [5.74, 6) is 0.171. The smallest absolute Gasteiger partial charge is 0.234 e. The molecule has 1 rings (SSSR count). The van der Waals surface area contributed by atoms with E-state index >= 15 is 0 Å². The molecule has 0 radical (unpaired) electrons. The van der Waals surface area contributed by atoms with E-state index in [2.05, 4.69) is 24.1 Å². The molecule has 1 aliphatic rings. The van der Waals surface area contributed by atoms with Crippen LogP contribution in [0.5, 0.6) is 0 Å². The lowest BCUT2D eigenvalue weighted by atomic mass is 9.87. The van der Waals surface area contributed by atoms with Gasteiger partial charge < -0.3 is 11.1 Å². The molecular weight excluding hydrogens is 214 g/mol. The highest BCUT2D eigenvalue weighted by atomic mass is 16.2. The lowest BCUT2D eigenvalue weighted by molar-refractivity contribution is -0.121. The van der Waals surface area contributed by atoms with E-state index in [0.29, 0.717) is 6.54 Å². The molecule has 4 heteroatoms. The second kappa shape index (κ2) is 6.97. The third kappa shape index (κ3) is 6.03. The molecule has 1 fully saturated rings. The predicted octanol–water partition coefficient (Wildman–Crippen LogP) is 0.964. The molecule has 0 aliphatic carbocycles. The molecule has 1 amide bonds. The molecule has 0 spiro atoms. The zero-order chi connectivity index (χ0) is 12.7. The number of hydrogen-bond donors (Lipinski definition) is 2. The van der Waals surface area contributed by atoms with Gasteiger partial charge in [-0.05, 0) is 37.8 Å². The van der Waals surface area contributed by atoms with Crippen LogP contribution in [0.15, 0.2) is 0 Å². The van der Waals surface area contributed by atoms with Crippen molar-refractivity contribution < 1.29 is 4.79 Å². The van der Waals surface area contributed by atoms with E-state index in [4.69, 9.17) is 5.73 Å². The Morgan fingerprint density at radius 3 is 2.88 bits per heavy atom. The summed E-state index contributed by atoms with van der Waals surface area (Å²) >= 11 is 0. The Kier molecular flexibility index (Phi) is 5.92. The van der Waals surface area contributed by atoms with Gasteiger partial charge in [0.05, 0.1) is 6.54 Å². The van der Waals surface area contributed by atoms with Gasteiger partial charge in [0.1, 0.15) is 0 Å². The summed E-state index contributed by atoms with van der Waals surface area (Å²) in [6.45, 7) is 8.65. The lowest BCUT2D eigenvalue weighted by Gasteiger charge is -2.23. The van der Waals surface area contributed by atoms with Gasteiger partial charge in [0, 0.05) is 13.1 Å². The highest BCUT2D eigenvalue weighted by Gasteiger charge is 2.16. The van der Waals surface area contributed by atoms with Crippen LogP contribution in [0.25, 0.3) is 0 Å². The molecule has 0 aromatic rings. The second-order valence-corrected chi connectivity index (χ2v) is 5.81. The quantitative estimate of drug-likeness (QED) is 0.681. The fourth-order valence-electron chi connectivity index (χ4n) is 2.10. The van der Waals surface area contributed by atoms with Crippen LogP contribution < -0.4 is 11.1 Å². The monoisotopic (exact) mass is 241 g/mol. The maximum absolute atomic E-state index is 11.4. The van der Waals surface area contributed by atoms with Gasteiger partial charge >= 0.3 is 0 Å². The average molecular weight is 241 g/mol. The first kappa shape index (κ1) is 14.5. The number of unbranched alkanes of at least 4 members (excludes halogenated alkanes) is 1. The van der Waals surface area contributed by atoms with E-state index in [0.717, 1.165) is 39.0 Å². The Bertz CT molecular complexity index is 241. The van der Waals surface area contributed by atoms with Crippen molar-refractivity contribution in [2.24, 2.45) is 11.1 Å². The molecule has 100 valence electrons. The SMILES string of the molecule is CC(C)(CN)CCCCN1CCCNC(=O)C1. The van der Waals surface area contributed by atoms with Gasteiger partial charge in [-0.1, -0.05) is 20.3 Å². The van der Waals surface area contributed by atoms with Crippen LogP contribution in [0.1, 0.15) is 39.5 Å². The van der Waals surface area contributed by atoms with E-state index < -0.39 is 0 Å². The van der Waals surface area contributed by atoms with Crippen LogP contribution >= 0.6 is 0 Å². The Morgan fingerprint density at radius 2 is 2.18 bits per heavy atom. The van der Waals surface area contributed by atoms with E-state index in [1.165, 1.54) is 12.8 Å². The van der Waals surface area contributed by atoms with E-state index in [-0.39, 0.29) is 11.3 Å². The van der Waals surface area contributed by atoms with Gasteiger partial charge in [0.15, 0.2) is 0 Å². The van der Waals surface area contributed by atoms with Crippen molar-refractivity contribution in [3.63, 3.8) is 0 Å². The van der Waals surface area contributed by atoms with Crippen LogP contribution in [0.2, 0.25) is 0 Å². The summed E-state index contributed by atoms with van der Waals surface area (Å²) < 4.78 is 0. The Morgan fingerprint density at radius 1 is 1.41 bits per heavy atom. The molecule has 0 saturated carbocycles. The van der Waals surface area contributed by atoms with E-state index in [9.17, 15) is 4.79 Å².